The third-order valence-electron chi connectivity index (χ3n) is 2.55. The predicted molar refractivity (Wildman–Crippen MR) is 58.1 cm³/mol. The molecule has 0 aliphatic heterocycles. The van der Waals surface area contributed by atoms with Crippen molar-refractivity contribution in [2.75, 3.05) is 0 Å². The van der Waals surface area contributed by atoms with Crippen LogP contribution in [0.2, 0.25) is 0 Å². The molecule has 0 saturated carbocycles. The van der Waals surface area contributed by atoms with Crippen molar-refractivity contribution < 1.29 is 12.6 Å². The summed E-state index contributed by atoms with van der Waals surface area (Å²) < 4.78 is 26.3. The molecule has 3 nitrogen and oxygen atoms in total. The normalized spacial score (nSPS) is 21.0. The van der Waals surface area contributed by atoms with Gasteiger partial charge in [0, 0.05) is 17.1 Å². The maximum Gasteiger partial charge on any atom is 0.355 e. The van der Waals surface area contributed by atoms with Crippen LogP contribution in [0.15, 0.2) is 24.3 Å². The van der Waals surface area contributed by atoms with Gasteiger partial charge in [-0.15, -0.1) is 0 Å². The maximum absolute atomic E-state index is 10.8. The number of fused-ring (bicyclic) bond motifs is 1. The number of aryl methyl sites for hydroxylation is 1. The van der Waals surface area contributed by atoms with E-state index in [-0.39, 0.29) is 6.10 Å². The van der Waals surface area contributed by atoms with Gasteiger partial charge in [0.2, 0.25) is 0 Å². The van der Waals surface area contributed by atoms with E-state index < -0.39 is 9.33 Å². The van der Waals surface area contributed by atoms with E-state index in [9.17, 15) is 8.42 Å². The van der Waals surface area contributed by atoms with E-state index in [0.29, 0.717) is 12.8 Å². The summed E-state index contributed by atoms with van der Waals surface area (Å²) in [6.45, 7) is 0. The van der Waals surface area contributed by atoms with E-state index in [4.69, 9.17) is 14.9 Å². The highest BCUT2D eigenvalue weighted by Gasteiger charge is 2.22. The van der Waals surface area contributed by atoms with E-state index in [1.165, 1.54) is 5.56 Å². The van der Waals surface area contributed by atoms with E-state index in [0.717, 1.165) is 12.0 Å². The zero-order chi connectivity index (χ0) is 10.9. The summed E-state index contributed by atoms with van der Waals surface area (Å²) in [7, 11) is 1.19. The van der Waals surface area contributed by atoms with Gasteiger partial charge in [0.15, 0.2) is 0 Å². The van der Waals surface area contributed by atoms with Crippen LogP contribution in [0.5, 0.6) is 0 Å². The number of benzene rings is 1. The minimum Gasteiger partial charge on any atom is -0.254 e. The number of halogens is 1. The van der Waals surface area contributed by atoms with Gasteiger partial charge in [-0.1, -0.05) is 24.3 Å². The maximum atomic E-state index is 10.8. The number of hydrogen-bond donors (Lipinski definition) is 0. The average molecular weight is 247 g/mol. The zero-order valence-corrected chi connectivity index (χ0v) is 9.59. The Bertz CT molecular complexity index is 455. The summed E-state index contributed by atoms with van der Waals surface area (Å²) in [5.41, 5.74) is 2.42. The summed E-state index contributed by atoms with van der Waals surface area (Å²) in [5.74, 6) is 0. The predicted octanol–water partition coefficient (Wildman–Crippen LogP) is 2.04. The number of hydrogen-bond acceptors (Lipinski definition) is 3. The van der Waals surface area contributed by atoms with Crippen molar-refractivity contribution in [2.24, 2.45) is 0 Å². The smallest absolute Gasteiger partial charge is 0.254 e. The van der Waals surface area contributed by atoms with Gasteiger partial charge in [0.05, 0.1) is 6.10 Å². The highest BCUT2D eigenvalue weighted by Crippen LogP contribution is 2.24. The summed E-state index contributed by atoms with van der Waals surface area (Å²) in [6, 6.07) is 7.97. The molecule has 0 spiro atoms. The molecular formula is C10H11ClO3S. The van der Waals surface area contributed by atoms with Crippen molar-refractivity contribution >= 4 is 20.0 Å². The lowest BCUT2D eigenvalue weighted by molar-refractivity contribution is 0.198. The third-order valence-corrected chi connectivity index (χ3v) is 3.27. The van der Waals surface area contributed by atoms with Gasteiger partial charge in [0.25, 0.3) is 0 Å². The van der Waals surface area contributed by atoms with E-state index in [1.54, 1.807) is 0 Å². The quantitative estimate of drug-likeness (QED) is 0.750. The number of rotatable bonds is 2. The van der Waals surface area contributed by atoms with Gasteiger partial charge in [-0.2, -0.15) is 8.42 Å². The van der Waals surface area contributed by atoms with Crippen molar-refractivity contribution in [3.63, 3.8) is 0 Å². The minimum absolute atomic E-state index is 0.317. The first-order valence-electron chi connectivity index (χ1n) is 4.74. The Kier molecular flexibility index (Phi) is 3.00. The Morgan fingerprint density at radius 2 is 1.93 bits per heavy atom. The molecule has 0 aromatic heterocycles. The van der Waals surface area contributed by atoms with Crippen molar-refractivity contribution in [1.82, 2.24) is 0 Å². The van der Waals surface area contributed by atoms with Crippen molar-refractivity contribution in [3.8, 4) is 0 Å². The first kappa shape index (κ1) is 10.9. The topological polar surface area (TPSA) is 43.4 Å². The molecule has 15 heavy (non-hydrogen) atoms. The van der Waals surface area contributed by atoms with Crippen molar-refractivity contribution in [1.29, 1.82) is 0 Å². The lowest BCUT2D eigenvalue weighted by Gasteiger charge is -2.22. The molecule has 0 N–H and O–H groups in total. The highest BCUT2D eigenvalue weighted by molar-refractivity contribution is 8.10. The summed E-state index contributed by atoms with van der Waals surface area (Å²) >= 11 is 0. The van der Waals surface area contributed by atoms with E-state index >= 15 is 0 Å². The molecule has 0 fully saturated rings. The van der Waals surface area contributed by atoms with Crippen LogP contribution in [-0.4, -0.2) is 14.5 Å². The molecule has 1 atom stereocenters. The molecule has 1 aliphatic rings. The van der Waals surface area contributed by atoms with Crippen LogP contribution in [0.1, 0.15) is 17.5 Å². The summed E-state index contributed by atoms with van der Waals surface area (Å²) in [6.07, 6.45) is 1.83. The van der Waals surface area contributed by atoms with Crippen LogP contribution in [-0.2, 0) is 26.4 Å². The molecule has 0 amide bonds. The van der Waals surface area contributed by atoms with Crippen LogP contribution < -0.4 is 0 Å². The van der Waals surface area contributed by atoms with Crippen LogP contribution in [0.3, 0.4) is 0 Å². The summed E-state index contributed by atoms with van der Waals surface area (Å²) in [5, 5.41) is 0. The van der Waals surface area contributed by atoms with Crippen molar-refractivity contribution in [3.05, 3.63) is 35.4 Å². The molecular weight excluding hydrogens is 236 g/mol. The molecule has 0 heterocycles. The van der Waals surface area contributed by atoms with Gasteiger partial charge < -0.3 is 0 Å². The van der Waals surface area contributed by atoms with E-state index in [2.05, 4.69) is 6.07 Å². The van der Waals surface area contributed by atoms with Gasteiger partial charge in [0.1, 0.15) is 0 Å². The molecule has 1 aromatic rings. The minimum atomic E-state index is -3.85. The highest BCUT2D eigenvalue weighted by atomic mass is 35.7. The van der Waals surface area contributed by atoms with Gasteiger partial charge in [-0.25, -0.2) is 0 Å². The monoisotopic (exact) mass is 246 g/mol. The first-order valence-corrected chi connectivity index (χ1v) is 6.98. The fraction of sp³-hybridized carbons (Fsp3) is 0.400. The van der Waals surface area contributed by atoms with Gasteiger partial charge in [-0.05, 0) is 24.0 Å². The van der Waals surface area contributed by atoms with Gasteiger partial charge >= 0.3 is 9.33 Å². The van der Waals surface area contributed by atoms with Gasteiger partial charge in [-0.3, -0.25) is 4.18 Å². The second kappa shape index (κ2) is 4.12. The molecule has 0 saturated heterocycles. The lowest BCUT2D eigenvalue weighted by atomic mass is 9.90. The largest absolute Gasteiger partial charge is 0.355 e. The average Bonchev–Trinajstić information content (AvgIpc) is 2.15. The fourth-order valence-corrected chi connectivity index (χ4v) is 2.71. The SMILES string of the molecule is O=S(=O)(Cl)OC1CCc2ccccc2C1. The Morgan fingerprint density at radius 3 is 2.60 bits per heavy atom. The Labute approximate surface area is 93.6 Å². The van der Waals surface area contributed by atoms with E-state index in [1.807, 2.05) is 18.2 Å². The molecule has 5 heteroatoms. The standard InChI is InChI=1S/C10H11ClO3S/c11-15(12,13)14-10-6-5-8-3-1-2-4-9(8)7-10/h1-4,10H,5-7H2. The van der Waals surface area contributed by atoms with Crippen LogP contribution in [0, 0.1) is 0 Å². The molecule has 1 aliphatic carbocycles. The molecule has 1 aromatic carbocycles. The Hall–Kier alpha value is -0.580. The van der Waals surface area contributed by atoms with Crippen molar-refractivity contribution in [2.45, 2.75) is 25.4 Å². The molecule has 0 radical (unpaired) electrons. The molecule has 1 unspecified atom stereocenters. The summed E-state index contributed by atoms with van der Waals surface area (Å²) in [4.78, 5) is 0. The van der Waals surface area contributed by atoms with Crippen LogP contribution >= 0.6 is 10.7 Å². The van der Waals surface area contributed by atoms with Crippen LogP contribution in [0.25, 0.3) is 0 Å². The lowest BCUT2D eigenvalue weighted by Crippen LogP contribution is -2.23. The zero-order valence-electron chi connectivity index (χ0n) is 8.02. The Morgan fingerprint density at radius 1 is 1.27 bits per heavy atom. The molecule has 0 bridgehead atoms. The second-order valence-corrected chi connectivity index (χ2v) is 5.74. The fourth-order valence-electron chi connectivity index (χ4n) is 1.91. The Balaban J connectivity index is 2.12. The molecule has 2 rings (SSSR count). The third kappa shape index (κ3) is 2.93. The molecule has 82 valence electrons. The van der Waals surface area contributed by atoms with Crippen LogP contribution in [0.4, 0.5) is 0 Å². The first-order chi connectivity index (χ1) is 7.04. The second-order valence-electron chi connectivity index (χ2n) is 3.62.